The van der Waals surface area contributed by atoms with Gasteiger partial charge in [0.15, 0.2) is 0 Å². The molecule has 4 heteroatoms. The summed E-state index contributed by atoms with van der Waals surface area (Å²) in [7, 11) is 0. The Morgan fingerprint density at radius 3 is 2.57 bits per heavy atom. The Labute approximate surface area is 125 Å². The third kappa shape index (κ3) is 7.11. The van der Waals surface area contributed by atoms with Gasteiger partial charge in [0.05, 0.1) is 12.2 Å². The van der Waals surface area contributed by atoms with Crippen LogP contribution in [0, 0.1) is 0 Å². The molecule has 0 unspecified atom stereocenters. The fourth-order valence-corrected chi connectivity index (χ4v) is 1.46. The summed E-state index contributed by atoms with van der Waals surface area (Å²) in [5.41, 5.74) is 1.20. The lowest BCUT2D eigenvalue weighted by Crippen LogP contribution is -2.06. The maximum absolute atomic E-state index is 11.7. The maximum atomic E-state index is 11.7. The van der Waals surface area contributed by atoms with Crippen molar-refractivity contribution in [1.82, 2.24) is 0 Å². The molecular formula is C17H20O4. The molecule has 0 bridgehead atoms. The van der Waals surface area contributed by atoms with Gasteiger partial charge in [-0.15, -0.1) is 0 Å². The minimum absolute atomic E-state index is 0.138. The Balaban J connectivity index is 2.22. The molecule has 112 valence electrons. The van der Waals surface area contributed by atoms with E-state index in [1.54, 1.807) is 37.3 Å². The zero-order chi connectivity index (χ0) is 15.5. The van der Waals surface area contributed by atoms with Crippen molar-refractivity contribution in [3.63, 3.8) is 0 Å². The van der Waals surface area contributed by atoms with Crippen LogP contribution in [0.1, 0.15) is 30.1 Å². The molecule has 0 heterocycles. The van der Waals surface area contributed by atoms with Crippen LogP contribution in [0.2, 0.25) is 0 Å². The standard InChI is InChI=1S/C17H20O4/c1-3-16(18)20-12-8-7-9-14(2)13-21-17(19)15-10-5-4-6-11-15/h4-7,9-11H,2-3,8,12-13H2,1H3/b9-7+. The lowest BCUT2D eigenvalue weighted by Gasteiger charge is -2.04. The van der Waals surface area contributed by atoms with Crippen LogP contribution < -0.4 is 0 Å². The van der Waals surface area contributed by atoms with Crippen molar-refractivity contribution in [3.05, 3.63) is 60.2 Å². The van der Waals surface area contributed by atoms with Crippen LogP contribution in [-0.4, -0.2) is 25.2 Å². The fourth-order valence-electron chi connectivity index (χ4n) is 1.46. The lowest BCUT2D eigenvalue weighted by molar-refractivity contribution is -0.143. The number of carbonyl (C=O) groups is 2. The van der Waals surface area contributed by atoms with Crippen molar-refractivity contribution in [2.24, 2.45) is 0 Å². The minimum Gasteiger partial charge on any atom is -0.465 e. The quantitative estimate of drug-likeness (QED) is 0.418. The van der Waals surface area contributed by atoms with E-state index in [1.807, 2.05) is 12.1 Å². The normalized spacial score (nSPS) is 10.3. The van der Waals surface area contributed by atoms with Gasteiger partial charge in [-0.1, -0.05) is 43.9 Å². The molecule has 0 fully saturated rings. The van der Waals surface area contributed by atoms with Gasteiger partial charge in [-0.2, -0.15) is 0 Å². The number of hydrogen-bond donors (Lipinski definition) is 0. The van der Waals surface area contributed by atoms with Crippen LogP contribution in [-0.2, 0) is 14.3 Å². The summed E-state index contributed by atoms with van der Waals surface area (Å²) in [5, 5.41) is 0. The van der Waals surface area contributed by atoms with Crippen molar-refractivity contribution < 1.29 is 19.1 Å². The SMILES string of the molecule is C=C(/C=C/CCOC(=O)CC)COC(=O)c1ccccc1. The van der Waals surface area contributed by atoms with Crippen LogP contribution >= 0.6 is 0 Å². The van der Waals surface area contributed by atoms with Crippen molar-refractivity contribution in [1.29, 1.82) is 0 Å². The molecule has 0 aliphatic carbocycles. The zero-order valence-electron chi connectivity index (χ0n) is 12.2. The molecular weight excluding hydrogens is 268 g/mol. The van der Waals surface area contributed by atoms with E-state index in [4.69, 9.17) is 9.47 Å². The van der Waals surface area contributed by atoms with E-state index in [-0.39, 0.29) is 18.5 Å². The topological polar surface area (TPSA) is 52.6 Å². The number of hydrogen-bond acceptors (Lipinski definition) is 4. The molecule has 0 radical (unpaired) electrons. The molecule has 0 aromatic heterocycles. The van der Waals surface area contributed by atoms with Gasteiger partial charge >= 0.3 is 11.9 Å². The van der Waals surface area contributed by atoms with Crippen LogP contribution in [0.15, 0.2) is 54.6 Å². The molecule has 0 N–H and O–H groups in total. The molecule has 0 atom stereocenters. The molecule has 1 aromatic carbocycles. The van der Waals surface area contributed by atoms with E-state index in [1.165, 1.54) is 0 Å². The summed E-state index contributed by atoms with van der Waals surface area (Å²) in [6.07, 6.45) is 4.59. The lowest BCUT2D eigenvalue weighted by atomic mass is 10.2. The first-order valence-electron chi connectivity index (χ1n) is 6.85. The van der Waals surface area contributed by atoms with E-state index < -0.39 is 0 Å². The van der Waals surface area contributed by atoms with Crippen molar-refractivity contribution >= 4 is 11.9 Å². The Bertz CT molecular complexity index is 503. The van der Waals surface area contributed by atoms with Gasteiger partial charge in [0.25, 0.3) is 0 Å². The van der Waals surface area contributed by atoms with E-state index >= 15 is 0 Å². The zero-order valence-corrected chi connectivity index (χ0v) is 12.2. The molecule has 0 aliphatic rings. The second-order valence-corrected chi connectivity index (χ2v) is 4.37. The molecule has 0 aliphatic heterocycles. The van der Waals surface area contributed by atoms with Gasteiger partial charge in [-0.3, -0.25) is 4.79 Å². The van der Waals surface area contributed by atoms with Gasteiger partial charge in [0, 0.05) is 6.42 Å². The highest BCUT2D eigenvalue weighted by atomic mass is 16.5. The average molecular weight is 288 g/mol. The van der Waals surface area contributed by atoms with Crippen LogP contribution in [0.3, 0.4) is 0 Å². The summed E-state index contributed by atoms with van der Waals surface area (Å²) < 4.78 is 10.1. The predicted octanol–water partition coefficient (Wildman–Crippen LogP) is 3.30. The number of carbonyl (C=O) groups excluding carboxylic acids is 2. The minimum atomic E-state index is -0.373. The van der Waals surface area contributed by atoms with E-state index in [2.05, 4.69) is 6.58 Å². The molecule has 0 saturated carbocycles. The summed E-state index contributed by atoms with van der Waals surface area (Å²) in [6.45, 7) is 6.03. The van der Waals surface area contributed by atoms with Gasteiger partial charge in [-0.25, -0.2) is 4.79 Å². The molecule has 4 nitrogen and oxygen atoms in total. The highest BCUT2D eigenvalue weighted by molar-refractivity contribution is 5.89. The monoisotopic (exact) mass is 288 g/mol. The van der Waals surface area contributed by atoms with Crippen LogP contribution in [0.5, 0.6) is 0 Å². The molecule has 0 amide bonds. The Morgan fingerprint density at radius 1 is 1.19 bits per heavy atom. The first-order chi connectivity index (χ1) is 10.1. The second-order valence-electron chi connectivity index (χ2n) is 4.37. The molecule has 0 spiro atoms. The predicted molar refractivity (Wildman–Crippen MR) is 80.9 cm³/mol. The molecule has 21 heavy (non-hydrogen) atoms. The first kappa shape index (κ1) is 16.7. The smallest absolute Gasteiger partial charge is 0.338 e. The van der Waals surface area contributed by atoms with Gasteiger partial charge < -0.3 is 9.47 Å². The van der Waals surface area contributed by atoms with E-state index in [0.29, 0.717) is 30.6 Å². The summed E-state index contributed by atoms with van der Waals surface area (Å²) in [5.74, 6) is -0.582. The third-order valence-electron chi connectivity index (χ3n) is 2.59. The van der Waals surface area contributed by atoms with Crippen molar-refractivity contribution in [2.75, 3.05) is 13.2 Å². The van der Waals surface area contributed by atoms with Crippen LogP contribution in [0.25, 0.3) is 0 Å². The summed E-state index contributed by atoms with van der Waals surface area (Å²) >= 11 is 0. The third-order valence-corrected chi connectivity index (χ3v) is 2.59. The van der Waals surface area contributed by atoms with E-state index in [0.717, 1.165) is 0 Å². The Morgan fingerprint density at radius 2 is 1.90 bits per heavy atom. The average Bonchev–Trinajstić information content (AvgIpc) is 2.52. The van der Waals surface area contributed by atoms with Gasteiger partial charge in [0.2, 0.25) is 0 Å². The number of rotatable bonds is 8. The highest BCUT2D eigenvalue weighted by Gasteiger charge is 2.05. The summed E-state index contributed by atoms with van der Waals surface area (Å²) in [4.78, 5) is 22.6. The van der Waals surface area contributed by atoms with Crippen LogP contribution in [0.4, 0.5) is 0 Å². The van der Waals surface area contributed by atoms with E-state index in [9.17, 15) is 9.59 Å². The summed E-state index contributed by atoms with van der Waals surface area (Å²) in [6, 6.07) is 8.79. The second kappa shape index (κ2) is 9.53. The Hall–Kier alpha value is -2.36. The fraction of sp³-hybridized carbons (Fsp3) is 0.294. The first-order valence-corrected chi connectivity index (χ1v) is 6.85. The van der Waals surface area contributed by atoms with Crippen molar-refractivity contribution in [2.45, 2.75) is 19.8 Å². The number of esters is 2. The molecule has 1 rings (SSSR count). The Kier molecular flexibility index (Phi) is 7.58. The highest BCUT2D eigenvalue weighted by Crippen LogP contribution is 2.03. The largest absolute Gasteiger partial charge is 0.465 e. The maximum Gasteiger partial charge on any atom is 0.338 e. The molecule has 1 aromatic rings. The number of benzene rings is 1. The van der Waals surface area contributed by atoms with Gasteiger partial charge in [0.1, 0.15) is 6.61 Å². The van der Waals surface area contributed by atoms with Gasteiger partial charge in [-0.05, 0) is 24.1 Å². The van der Waals surface area contributed by atoms with Crippen molar-refractivity contribution in [3.8, 4) is 0 Å². The molecule has 0 saturated heterocycles. The number of ether oxygens (including phenoxy) is 2.